The van der Waals surface area contributed by atoms with Crippen LogP contribution in [0, 0.1) is 17.0 Å². The molecule has 156 valence electrons. The van der Waals surface area contributed by atoms with Gasteiger partial charge in [0.2, 0.25) is 5.89 Å². The molecule has 0 bridgehead atoms. The Labute approximate surface area is 176 Å². The summed E-state index contributed by atoms with van der Waals surface area (Å²) in [5, 5.41) is 22.9. The third-order valence-corrected chi connectivity index (χ3v) is 4.63. The number of esters is 1. The number of para-hydroxylation sites is 1. The second kappa shape index (κ2) is 8.19. The van der Waals surface area contributed by atoms with Crippen LogP contribution in [-0.2, 0) is 4.74 Å². The van der Waals surface area contributed by atoms with Gasteiger partial charge in [-0.05, 0) is 38.1 Å². The second-order valence-corrected chi connectivity index (χ2v) is 6.69. The van der Waals surface area contributed by atoms with Crippen LogP contribution >= 0.6 is 0 Å². The van der Waals surface area contributed by atoms with E-state index in [2.05, 4.69) is 15.3 Å². The summed E-state index contributed by atoms with van der Waals surface area (Å²) in [7, 11) is 0. The first kappa shape index (κ1) is 20.0. The molecule has 31 heavy (non-hydrogen) atoms. The molecule has 10 heteroatoms. The monoisotopic (exact) mass is 419 g/mol. The highest BCUT2D eigenvalue weighted by Crippen LogP contribution is 2.25. The highest BCUT2D eigenvalue weighted by atomic mass is 16.6. The molecule has 0 fully saturated rings. The summed E-state index contributed by atoms with van der Waals surface area (Å²) in [6, 6.07) is 15.1. The minimum atomic E-state index is -0.800. The van der Waals surface area contributed by atoms with E-state index in [9.17, 15) is 14.9 Å². The molecule has 2 heterocycles. The maximum atomic E-state index is 12.6. The number of non-ortho nitro benzene ring substituents is 1. The van der Waals surface area contributed by atoms with E-state index in [-0.39, 0.29) is 17.5 Å². The van der Waals surface area contributed by atoms with Crippen LogP contribution in [0.1, 0.15) is 35.0 Å². The van der Waals surface area contributed by atoms with E-state index in [1.807, 2.05) is 30.3 Å². The van der Waals surface area contributed by atoms with Crippen molar-refractivity contribution in [2.45, 2.75) is 20.0 Å². The van der Waals surface area contributed by atoms with Gasteiger partial charge in [0.05, 0.1) is 22.5 Å². The van der Waals surface area contributed by atoms with Gasteiger partial charge in [-0.1, -0.05) is 18.2 Å². The number of nitro benzene ring substituents is 1. The van der Waals surface area contributed by atoms with Crippen molar-refractivity contribution in [2.75, 3.05) is 0 Å². The summed E-state index contributed by atoms with van der Waals surface area (Å²) >= 11 is 0. The number of hydrogen-bond donors (Lipinski definition) is 0. The Hall–Kier alpha value is -4.34. The molecule has 1 unspecified atom stereocenters. The molecule has 0 aliphatic rings. The van der Waals surface area contributed by atoms with Crippen LogP contribution in [0.4, 0.5) is 5.69 Å². The topological polar surface area (TPSA) is 126 Å². The zero-order valence-corrected chi connectivity index (χ0v) is 16.6. The lowest BCUT2D eigenvalue weighted by molar-refractivity contribution is -0.384. The molecule has 1 atom stereocenters. The van der Waals surface area contributed by atoms with Crippen molar-refractivity contribution in [3.05, 3.63) is 88.1 Å². The Bertz CT molecular complexity index is 1230. The van der Waals surface area contributed by atoms with Crippen molar-refractivity contribution in [2.24, 2.45) is 0 Å². The van der Waals surface area contributed by atoms with Crippen LogP contribution in [0.3, 0.4) is 0 Å². The molecule has 2 aromatic carbocycles. The molecule has 0 N–H and O–H groups in total. The van der Waals surface area contributed by atoms with Crippen molar-refractivity contribution in [3.8, 4) is 17.1 Å². The first-order chi connectivity index (χ1) is 14.9. The summed E-state index contributed by atoms with van der Waals surface area (Å²) in [4.78, 5) is 22.9. The number of nitro groups is 1. The average molecular weight is 419 g/mol. The highest BCUT2D eigenvalue weighted by molar-refractivity contribution is 5.90. The molecule has 0 saturated carbocycles. The normalized spacial score (nSPS) is 11.8. The summed E-state index contributed by atoms with van der Waals surface area (Å²) in [6.45, 7) is 3.39. The Morgan fingerprint density at radius 2 is 1.84 bits per heavy atom. The Balaban J connectivity index is 1.48. The zero-order chi connectivity index (χ0) is 22.0. The van der Waals surface area contributed by atoms with Crippen LogP contribution in [0.15, 0.2) is 65.2 Å². The number of aromatic nitrogens is 4. The summed E-state index contributed by atoms with van der Waals surface area (Å²) in [5.74, 6) is -0.294. The maximum absolute atomic E-state index is 12.6. The molecule has 0 aliphatic carbocycles. The van der Waals surface area contributed by atoms with E-state index < -0.39 is 17.0 Å². The number of ether oxygens (including phenoxy) is 1. The number of rotatable bonds is 6. The smallest absolute Gasteiger partial charge is 0.342 e. The van der Waals surface area contributed by atoms with Crippen molar-refractivity contribution >= 4 is 11.7 Å². The number of carbonyl (C=O) groups is 1. The number of nitrogens with zero attached hydrogens (tertiary/aromatic N) is 5. The molecular formula is C21H17N5O5. The lowest BCUT2D eigenvalue weighted by Gasteiger charge is -2.09. The van der Waals surface area contributed by atoms with E-state index in [0.717, 1.165) is 5.69 Å². The Kier molecular flexibility index (Phi) is 5.27. The standard InChI is InChI=1S/C21H17N5O5/c1-13-18(12-22-25(13)16-6-4-3-5-7-16)21(27)30-14(2)19-23-24-20(31-19)15-8-10-17(11-9-15)26(28)29/h3-12,14H,1-2H3. The lowest BCUT2D eigenvalue weighted by atomic mass is 10.2. The fourth-order valence-electron chi connectivity index (χ4n) is 2.96. The molecule has 0 amide bonds. The SMILES string of the molecule is Cc1c(C(=O)OC(C)c2nnc(-c3ccc([N+](=O)[O-])cc3)o2)cnn1-c1ccccc1. The van der Waals surface area contributed by atoms with Gasteiger partial charge < -0.3 is 9.15 Å². The number of benzene rings is 2. The average Bonchev–Trinajstić information content (AvgIpc) is 3.42. The Morgan fingerprint density at radius 3 is 2.52 bits per heavy atom. The molecule has 0 aliphatic heterocycles. The molecular weight excluding hydrogens is 402 g/mol. The minimum absolute atomic E-state index is 0.0443. The number of carbonyl (C=O) groups excluding carboxylic acids is 1. The maximum Gasteiger partial charge on any atom is 0.342 e. The fraction of sp³-hybridized carbons (Fsp3) is 0.143. The molecule has 4 aromatic rings. The molecule has 0 radical (unpaired) electrons. The van der Waals surface area contributed by atoms with E-state index in [1.54, 1.807) is 18.5 Å². The van der Waals surface area contributed by atoms with Gasteiger partial charge in [-0.25, -0.2) is 9.48 Å². The van der Waals surface area contributed by atoms with Crippen molar-refractivity contribution in [3.63, 3.8) is 0 Å². The van der Waals surface area contributed by atoms with Gasteiger partial charge in [0.15, 0.2) is 6.10 Å². The fourth-order valence-corrected chi connectivity index (χ4v) is 2.96. The van der Waals surface area contributed by atoms with E-state index in [0.29, 0.717) is 16.8 Å². The van der Waals surface area contributed by atoms with Crippen LogP contribution in [0.2, 0.25) is 0 Å². The van der Waals surface area contributed by atoms with Gasteiger partial charge in [-0.2, -0.15) is 5.10 Å². The first-order valence-electron chi connectivity index (χ1n) is 9.33. The van der Waals surface area contributed by atoms with Crippen LogP contribution in [0.5, 0.6) is 0 Å². The lowest BCUT2D eigenvalue weighted by Crippen LogP contribution is -2.11. The number of hydrogen-bond acceptors (Lipinski definition) is 8. The highest BCUT2D eigenvalue weighted by Gasteiger charge is 2.23. The van der Waals surface area contributed by atoms with Crippen LogP contribution in [0.25, 0.3) is 17.1 Å². The van der Waals surface area contributed by atoms with Gasteiger partial charge in [0, 0.05) is 17.7 Å². The van der Waals surface area contributed by atoms with Crippen molar-refractivity contribution < 1.29 is 18.9 Å². The predicted molar refractivity (Wildman–Crippen MR) is 109 cm³/mol. The third-order valence-electron chi connectivity index (χ3n) is 4.63. The van der Waals surface area contributed by atoms with Gasteiger partial charge >= 0.3 is 5.97 Å². The largest absolute Gasteiger partial charge is 0.449 e. The van der Waals surface area contributed by atoms with Gasteiger partial charge in [-0.15, -0.1) is 10.2 Å². The summed E-state index contributed by atoms with van der Waals surface area (Å²) in [6.07, 6.45) is 0.652. The van der Waals surface area contributed by atoms with Crippen molar-refractivity contribution in [1.29, 1.82) is 0 Å². The predicted octanol–water partition coefficient (Wildman–Crippen LogP) is 4.06. The van der Waals surface area contributed by atoms with Gasteiger partial charge in [0.1, 0.15) is 5.56 Å². The van der Waals surface area contributed by atoms with Crippen LogP contribution in [-0.4, -0.2) is 30.9 Å². The van der Waals surface area contributed by atoms with E-state index in [4.69, 9.17) is 9.15 Å². The summed E-state index contributed by atoms with van der Waals surface area (Å²) < 4.78 is 12.7. The van der Waals surface area contributed by atoms with Gasteiger partial charge in [0.25, 0.3) is 11.6 Å². The third kappa shape index (κ3) is 4.04. The van der Waals surface area contributed by atoms with Gasteiger partial charge in [-0.3, -0.25) is 10.1 Å². The Morgan fingerprint density at radius 1 is 1.13 bits per heavy atom. The first-order valence-corrected chi connectivity index (χ1v) is 9.33. The minimum Gasteiger partial charge on any atom is -0.449 e. The molecule has 0 saturated heterocycles. The quantitative estimate of drug-likeness (QED) is 0.260. The second-order valence-electron chi connectivity index (χ2n) is 6.69. The zero-order valence-electron chi connectivity index (χ0n) is 16.6. The van der Waals surface area contributed by atoms with Crippen molar-refractivity contribution in [1.82, 2.24) is 20.0 Å². The van der Waals surface area contributed by atoms with E-state index >= 15 is 0 Å². The molecule has 2 aromatic heterocycles. The molecule has 0 spiro atoms. The summed E-state index contributed by atoms with van der Waals surface area (Å²) in [5.41, 5.74) is 2.27. The van der Waals surface area contributed by atoms with Crippen LogP contribution < -0.4 is 0 Å². The molecule has 10 nitrogen and oxygen atoms in total. The van der Waals surface area contributed by atoms with E-state index in [1.165, 1.54) is 30.5 Å². The molecule has 4 rings (SSSR count).